The summed E-state index contributed by atoms with van der Waals surface area (Å²) >= 11 is 6.91. The van der Waals surface area contributed by atoms with Crippen LogP contribution in [-0.2, 0) is 6.61 Å². The molecular formula is C10H8ClFN2OS. The van der Waals surface area contributed by atoms with Gasteiger partial charge in [0.2, 0.25) is 0 Å². The predicted molar refractivity (Wildman–Crippen MR) is 60.4 cm³/mol. The maximum Gasteiger partial charge on any atom is 0.141 e. The van der Waals surface area contributed by atoms with Crippen molar-refractivity contribution in [2.45, 2.75) is 13.5 Å². The summed E-state index contributed by atoms with van der Waals surface area (Å²) in [6.07, 6.45) is 0. The van der Waals surface area contributed by atoms with Crippen molar-refractivity contribution < 1.29 is 9.13 Å². The molecular weight excluding hydrogens is 251 g/mol. The summed E-state index contributed by atoms with van der Waals surface area (Å²) in [5.74, 6) is 0.159. The first-order valence-corrected chi connectivity index (χ1v) is 5.67. The van der Waals surface area contributed by atoms with Crippen molar-refractivity contribution in [3.05, 3.63) is 39.6 Å². The lowest BCUT2D eigenvalue weighted by atomic mass is 10.2. The van der Waals surface area contributed by atoms with Gasteiger partial charge in [-0.3, -0.25) is 0 Å². The summed E-state index contributed by atoms with van der Waals surface area (Å²) in [6, 6.07) is 4.38. The van der Waals surface area contributed by atoms with Crippen LogP contribution in [0.1, 0.15) is 11.3 Å². The van der Waals surface area contributed by atoms with E-state index in [4.69, 9.17) is 16.3 Å². The van der Waals surface area contributed by atoms with Crippen molar-refractivity contribution >= 4 is 23.1 Å². The molecule has 3 nitrogen and oxygen atoms in total. The fourth-order valence-electron chi connectivity index (χ4n) is 1.16. The van der Waals surface area contributed by atoms with Gasteiger partial charge in [0.15, 0.2) is 0 Å². The van der Waals surface area contributed by atoms with Crippen LogP contribution in [-0.4, -0.2) is 9.59 Å². The van der Waals surface area contributed by atoms with Gasteiger partial charge >= 0.3 is 0 Å². The van der Waals surface area contributed by atoms with Crippen molar-refractivity contribution in [3.8, 4) is 5.75 Å². The maximum atomic E-state index is 13.0. The molecule has 16 heavy (non-hydrogen) atoms. The topological polar surface area (TPSA) is 35.0 Å². The Labute approximate surface area is 101 Å². The number of ether oxygens (including phenoxy) is 1. The first-order valence-electron chi connectivity index (χ1n) is 4.52. The van der Waals surface area contributed by atoms with Gasteiger partial charge in [0.05, 0.1) is 0 Å². The van der Waals surface area contributed by atoms with Gasteiger partial charge in [-0.2, -0.15) is 0 Å². The zero-order valence-electron chi connectivity index (χ0n) is 8.41. The normalized spacial score (nSPS) is 10.4. The molecule has 1 aromatic carbocycles. The number of benzene rings is 1. The molecule has 0 amide bonds. The molecule has 0 saturated carbocycles. The second kappa shape index (κ2) is 4.76. The molecule has 0 fully saturated rings. The number of nitrogens with zero attached hydrogens (tertiary/aromatic N) is 2. The molecule has 1 heterocycles. The van der Waals surface area contributed by atoms with Crippen LogP contribution in [0.3, 0.4) is 0 Å². The summed E-state index contributed by atoms with van der Waals surface area (Å²) < 4.78 is 22.6. The molecule has 0 bridgehead atoms. The Morgan fingerprint density at radius 2 is 2.31 bits per heavy atom. The van der Waals surface area contributed by atoms with E-state index in [0.29, 0.717) is 15.8 Å². The van der Waals surface area contributed by atoms with E-state index in [1.807, 2.05) is 6.92 Å². The van der Waals surface area contributed by atoms with Gasteiger partial charge in [-0.25, -0.2) is 4.39 Å². The molecule has 2 rings (SSSR count). The number of hydrogen-bond acceptors (Lipinski definition) is 4. The third-order valence-electron chi connectivity index (χ3n) is 2.02. The van der Waals surface area contributed by atoms with Crippen LogP contribution in [0.5, 0.6) is 5.75 Å². The summed E-state index contributed by atoms with van der Waals surface area (Å²) in [4.78, 5) is 0. The van der Waals surface area contributed by atoms with E-state index in [1.54, 1.807) is 6.07 Å². The molecule has 0 saturated heterocycles. The van der Waals surface area contributed by atoms with E-state index in [-0.39, 0.29) is 12.4 Å². The fourth-order valence-corrected chi connectivity index (χ4v) is 1.76. The third kappa shape index (κ3) is 2.48. The van der Waals surface area contributed by atoms with Gasteiger partial charge in [-0.05, 0) is 18.6 Å². The first kappa shape index (κ1) is 11.3. The smallest absolute Gasteiger partial charge is 0.141 e. The van der Waals surface area contributed by atoms with E-state index in [0.717, 1.165) is 17.1 Å². The van der Waals surface area contributed by atoms with E-state index in [9.17, 15) is 4.39 Å². The Balaban J connectivity index is 2.10. The third-order valence-corrected chi connectivity index (χ3v) is 3.01. The van der Waals surface area contributed by atoms with Gasteiger partial charge < -0.3 is 4.74 Å². The average molecular weight is 259 g/mol. The minimum absolute atomic E-state index is 0.194. The standard InChI is InChI=1S/C10H8ClFN2OS/c1-6-2-3-7(12)4-9(6)15-5-8-10(11)16-14-13-8/h2-4H,5H2,1H3. The van der Waals surface area contributed by atoms with Gasteiger partial charge in [0.25, 0.3) is 0 Å². The number of hydrogen-bond donors (Lipinski definition) is 0. The molecule has 0 aliphatic carbocycles. The Bertz CT molecular complexity index is 503. The summed E-state index contributed by atoms with van der Waals surface area (Å²) in [5, 5.41) is 3.80. The Hall–Kier alpha value is -1.20. The van der Waals surface area contributed by atoms with Crippen molar-refractivity contribution in [2.75, 3.05) is 0 Å². The summed E-state index contributed by atoms with van der Waals surface area (Å²) in [7, 11) is 0. The molecule has 0 atom stereocenters. The van der Waals surface area contributed by atoms with Gasteiger partial charge in [0.1, 0.15) is 28.2 Å². The van der Waals surface area contributed by atoms with E-state index in [1.165, 1.54) is 12.1 Å². The zero-order valence-corrected chi connectivity index (χ0v) is 9.98. The minimum atomic E-state index is -0.330. The molecule has 0 aliphatic heterocycles. The molecule has 0 spiro atoms. The first-order chi connectivity index (χ1) is 7.66. The van der Waals surface area contributed by atoms with Gasteiger partial charge in [-0.15, -0.1) is 5.10 Å². The maximum absolute atomic E-state index is 13.0. The number of aryl methyl sites for hydroxylation is 1. The van der Waals surface area contributed by atoms with Crippen molar-refractivity contribution in [3.63, 3.8) is 0 Å². The van der Waals surface area contributed by atoms with Crippen LogP contribution in [0, 0.1) is 12.7 Å². The minimum Gasteiger partial charge on any atom is -0.487 e. The lowest BCUT2D eigenvalue weighted by molar-refractivity contribution is 0.297. The van der Waals surface area contributed by atoms with Gasteiger partial charge in [0, 0.05) is 17.6 Å². The largest absolute Gasteiger partial charge is 0.487 e. The van der Waals surface area contributed by atoms with Crippen molar-refractivity contribution in [2.24, 2.45) is 0 Å². The molecule has 6 heteroatoms. The molecule has 0 radical (unpaired) electrons. The number of halogens is 2. The Morgan fingerprint density at radius 3 is 3.00 bits per heavy atom. The average Bonchev–Trinajstić information content (AvgIpc) is 2.66. The fraction of sp³-hybridized carbons (Fsp3) is 0.200. The number of aromatic nitrogens is 2. The summed E-state index contributed by atoms with van der Waals surface area (Å²) in [5.41, 5.74) is 1.43. The molecule has 0 unspecified atom stereocenters. The lowest BCUT2D eigenvalue weighted by Gasteiger charge is -2.07. The van der Waals surface area contributed by atoms with Gasteiger partial charge in [-0.1, -0.05) is 22.2 Å². The highest BCUT2D eigenvalue weighted by Crippen LogP contribution is 2.22. The van der Waals surface area contributed by atoms with Crippen LogP contribution in [0.15, 0.2) is 18.2 Å². The van der Waals surface area contributed by atoms with Crippen LogP contribution in [0.4, 0.5) is 4.39 Å². The highest BCUT2D eigenvalue weighted by molar-refractivity contribution is 7.10. The Morgan fingerprint density at radius 1 is 1.50 bits per heavy atom. The van der Waals surface area contributed by atoms with E-state index < -0.39 is 0 Å². The van der Waals surface area contributed by atoms with Crippen LogP contribution in [0.25, 0.3) is 0 Å². The number of rotatable bonds is 3. The molecule has 0 aliphatic rings. The van der Waals surface area contributed by atoms with Crippen LogP contribution >= 0.6 is 23.1 Å². The second-order valence-corrected chi connectivity index (χ2v) is 4.55. The van der Waals surface area contributed by atoms with Crippen LogP contribution < -0.4 is 4.74 Å². The van der Waals surface area contributed by atoms with Crippen molar-refractivity contribution in [1.29, 1.82) is 0 Å². The van der Waals surface area contributed by atoms with E-state index in [2.05, 4.69) is 9.59 Å². The molecule has 0 N–H and O–H groups in total. The highest BCUT2D eigenvalue weighted by atomic mass is 35.5. The quantitative estimate of drug-likeness (QED) is 0.848. The molecule has 84 valence electrons. The molecule has 2 aromatic rings. The molecule has 1 aromatic heterocycles. The lowest BCUT2D eigenvalue weighted by Crippen LogP contribution is -1.98. The van der Waals surface area contributed by atoms with Crippen LogP contribution in [0.2, 0.25) is 4.34 Å². The summed E-state index contributed by atoms with van der Waals surface area (Å²) in [6.45, 7) is 2.04. The predicted octanol–water partition coefficient (Wildman–Crippen LogP) is 3.22. The monoisotopic (exact) mass is 258 g/mol. The van der Waals surface area contributed by atoms with Crippen molar-refractivity contribution in [1.82, 2.24) is 9.59 Å². The van der Waals surface area contributed by atoms with E-state index >= 15 is 0 Å². The zero-order chi connectivity index (χ0) is 11.5. The second-order valence-electron chi connectivity index (χ2n) is 3.19. The Kier molecular flexibility index (Phi) is 3.36. The SMILES string of the molecule is Cc1ccc(F)cc1OCc1nnsc1Cl. The highest BCUT2D eigenvalue weighted by Gasteiger charge is 2.07.